The Balaban J connectivity index is 2.45. The van der Waals surface area contributed by atoms with Gasteiger partial charge in [-0.1, -0.05) is 12.1 Å². The second kappa shape index (κ2) is 9.10. The molecule has 0 heterocycles. The number of nitrogens with zero attached hydrogens (tertiary/aromatic N) is 1. The molecule has 1 rings (SSSR count). The van der Waals surface area contributed by atoms with Gasteiger partial charge in [-0.15, -0.1) is 0 Å². The first-order valence-corrected chi connectivity index (χ1v) is 7.02. The van der Waals surface area contributed by atoms with Crippen LogP contribution in [-0.4, -0.2) is 48.6 Å². The molecule has 4 N–H and O–H groups in total. The fourth-order valence-corrected chi connectivity index (χ4v) is 1.99. The number of hydrogen-bond acceptors (Lipinski definition) is 4. The second-order valence-electron chi connectivity index (χ2n) is 4.98. The summed E-state index contributed by atoms with van der Waals surface area (Å²) < 4.78 is 0. The number of nitrogens with two attached hydrogens (primary N) is 1. The first-order chi connectivity index (χ1) is 10.0. The van der Waals surface area contributed by atoms with Gasteiger partial charge in [0.15, 0.2) is 0 Å². The summed E-state index contributed by atoms with van der Waals surface area (Å²) >= 11 is 0. The lowest BCUT2D eigenvalue weighted by molar-refractivity contribution is -0.117. The number of primary amides is 1. The van der Waals surface area contributed by atoms with Crippen LogP contribution in [0.5, 0.6) is 0 Å². The minimum atomic E-state index is -0.566. The number of carbonyl (C=O) groups excluding carboxylic acids is 2. The van der Waals surface area contributed by atoms with E-state index in [-0.39, 0.29) is 19.1 Å². The van der Waals surface area contributed by atoms with Crippen LogP contribution in [0.25, 0.3) is 0 Å². The number of benzene rings is 1. The van der Waals surface area contributed by atoms with Crippen molar-refractivity contribution in [2.75, 3.05) is 32.1 Å². The molecule has 6 nitrogen and oxygen atoms in total. The average molecular weight is 293 g/mol. The van der Waals surface area contributed by atoms with Crippen LogP contribution in [0, 0.1) is 0 Å². The molecule has 0 saturated heterocycles. The molecule has 0 spiro atoms. The molecule has 0 bridgehead atoms. The lowest BCUT2D eigenvalue weighted by Gasteiger charge is -2.16. The molecule has 0 fully saturated rings. The average Bonchev–Trinajstić information content (AvgIpc) is 2.43. The molecule has 0 aromatic heterocycles. The van der Waals surface area contributed by atoms with E-state index < -0.39 is 5.91 Å². The number of likely N-dealkylation sites (N-methyl/N-ethyl adjacent to an activating group) is 1. The van der Waals surface area contributed by atoms with Gasteiger partial charge >= 0.3 is 0 Å². The van der Waals surface area contributed by atoms with Crippen LogP contribution in [0.3, 0.4) is 0 Å². The highest BCUT2D eigenvalue weighted by atomic mass is 16.3. The zero-order chi connectivity index (χ0) is 15.7. The number of carbonyl (C=O) groups is 2. The Morgan fingerprint density at radius 1 is 1.24 bits per heavy atom. The van der Waals surface area contributed by atoms with Crippen molar-refractivity contribution in [1.29, 1.82) is 0 Å². The van der Waals surface area contributed by atoms with E-state index in [1.54, 1.807) is 24.3 Å². The summed E-state index contributed by atoms with van der Waals surface area (Å²) in [7, 11) is 1.86. The fourth-order valence-electron chi connectivity index (χ4n) is 1.99. The Morgan fingerprint density at radius 3 is 2.62 bits per heavy atom. The number of aliphatic hydroxyl groups is 1. The Morgan fingerprint density at radius 2 is 1.95 bits per heavy atom. The molecule has 1 aromatic rings. The van der Waals surface area contributed by atoms with Gasteiger partial charge in [0, 0.05) is 6.61 Å². The number of aliphatic hydroxyl groups excluding tert-OH is 1. The monoisotopic (exact) mass is 293 g/mol. The SMILES string of the molecule is CN(CCCCCO)CC(=O)Nc1ccccc1C(N)=O. The Labute approximate surface area is 124 Å². The third-order valence-electron chi connectivity index (χ3n) is 3.08. The van der Waals surface area contributed by atoms with Crippen LogP contribution in [-0.2, 0) is 4.79 Å². The maximum atomic E-state index is 11.9. The highest BCUT2D eigenvalue weighted by Gasteiger charge is 2.11. The van der Waals surface area contributed by atoms with Crippen LogP contribution in [0.1, 0.15) is 29.6 Å². The predicted octanol–water partition coefficient (Wildman–Crippen LogP) is 0.818. The maximum absolute atomic E-state index is 11.9. The normalized spacial score (nSPS) is 10.6. The van der Waals surface area contributed by atoms with E-state index >= 15 is 0 Å². The van der Waals surface area contributed by atoms with Gasteiger partial charge in [0.05, 0.1) is 17.8 Å². The van der Waals surface area contributed by atoms with Gasteiger partial charge in [-0.2, -0.15) is 0 Å². The van der Waals surface area contributed by atoms with Gasteiger partial charge in [0.25, 0.3) is 5.91 Å². The number of amides is 2. The number of hydrogen-bond donors (Lipinski definition) is 3. The molecular formula is C15H23N3O3. The van der Waals surface area contributed by atoms with Crippen molar-refractivity contribution in [3.8, 4) is 0 Å². The van der Waals surface area contributed by atoms with Gasteiger partial charge in [-0.05, 0) is 45.0 Å². The summed E-state index contributed by atoms with van der Waals surface area (Å²) in [5, 5.41) is 11.4. The third-order valence-corrected chi connectivity index (χ3v) is 3.08. The van der Waals surface area contributed by atoms with Crippen molar-refractivity contribution in [2.24, 2.45) is 5.73 Å². The van der Waals surface area contributed by atoms with Gasteiger partial charge in [0.2, 0.25) is 5.91 Å². The summed E-state index contributed by atoms with van der Waals surface area (Å²) in [6.45, 7) is 1.23. The van der Waals surface area contributed by atoms with Crippen molar-refractivity contribution in [1.82, 2.24) is 4.90 Å². The number of para-hydroxylation sites is 1. The number of anilines is 1. The predicted molar refractivity (Wildman–Crippen MR) is 82.0 cm³/mol. The van der Waals surface area contributed by atoms with E-state index in [1.165, 1.54) is 0 Å². The zero-order valence-electron chi connectivity index (χ0n) is 12.3. The molecule has 0 atom stereocenters. The first kappa shape index (κ1) is 17.1. The van der Waals surface area contributed by atoms with Crippen molar-refractivity contribution in [3.63, 3.8) is 0 Å². The molecule has 1 aromatic carbocycles. The van der Waals surface area contributed by atoms with Crippen LogP contribution in [0.2, 0.25) is 0 Å². The standard InChI is InChI=1S/C15H23N3O3/c1-18(9-5-2-6-10-19)11-14(20)17-13-8-4-3-7-12(13)15(16)21/h3-4,7-8,19H,2,5-6,9-11H2,1H3,(H2,16,21)(H,17,20). The van der Waals surface area contributed by atoms with E-state index in [1.807, 2.05) is 11.9 Å². The van der Waals surface area contributed by atoms with Crippen LogP contribution in [0.4, 0.5) is 5.69 Å². The Kier molecular flexibility index (Phi) is 7.42. The van der Waals surface area contributed by atoms with Crippen molar-refractivity contribution in [3.05, 3.63) is 29.8 Å². The summed E-state index contributed by atoms with van der Waals surface area (Å²) in [6, 6.07) is 6.67. The minimum absolute atomic E-state index is 0.187. The molecular weight excluding hydrogens is 270 g/mol. The Bertz CT molecular complexity index is 477. The van der Waals surface area contributed by atoms with Crippen molar-refractivity contribution in [2.45, 2.75) is 19.3 Å². The molecule has 6 heteroatoms. The number of rotatable bonds is 9. The molecule has 0 aliphatic carbocycles. The largest absolute Gasteiger partial charge is 0.396 e. The summed E-state index contributed by atoms with van der Waals surface area (Å²) in [5.41, 5.74) is 6.00. The quantitative estimate of drug-likeness (QED) is 0.587. The minimum Gasteiger partial charge on any atom is -0.396 e. The molecule has 0 radical (unpaired) electrons. The first-order valence-electron chi connectivity index (χ1n) is 7.02. The van der Waals surface area contributed by atoms with Gasteiger partial charge < -0.3 is 16.2 Å². The lowest BCUT2D eigenvalue weighted by Crippen LogP contribution is -2.31. The van der Waals surface area contributed by atoms with E-state index in [0.717, 1.165) is 25.8 Å². The van der Waals surface area contributed by atoms with Crippen LogP contribution in [0.15, 0.2) is 24.3 Å². The van der Waals surface area contributed by atoms with E-state index in [2.05, 4.69) is 5.32 Å². The van der Waals surface area contributed by atoms with E-state index in [4.69, 9.17) is 10.8 Å². The highest BCUT2D eigenvalue weighted by Crippen LogP contribution is 2.14. The molecule has 2 amide bonds. The number of unbranched alkanes of at least 4 members (excludes halogenated alkanes) is 2. The summed E-state index contributed by atoms with van der Waals surface area (Å²) in [5.74, 6) is -0.753. The molecule has 21 heavy (non-hydrogen) atoms. The molecule has 0 aliphatic rings. The van der Waals surface area contributed by atoms with Crippen LogP contribution >= 0.6 is 0 Å². The van der Waals surface area contributed by atoms with Gasteiger partial charge in [-0.25, -0.2) is 0 Å². The van der Waals surface area contributed by atoms with Crippen molar-refractivity contribution < 1.29 is 14.7 Å². The zero-order valence-corrected chi connectivity index (χ0v) is 12.3. The molecule has 0 aliphatic heterocycles. The summed E-state index contributed by atoms with van der Waals surface area (Å²) in [4.78, 5) is 25.1. The highest BCUT2D eigenvalue weighted by molar-refractivity contribution is 6.03. The van der Waals surface area contributed by atoms with Gasteiger partial charge in [-0.3, -0.25) is 14.5 Å². The Hall–Kier alpha value is -1.92. The maximum Gasteiger partial charge on any atom is 0.250 e. The molecule has 0 saturated carbocycles. The van der Waals surface area contributed by atoms with Crippen molar-refractivity contribution >= 4 is 17.5 Å². The van der Waals surface area contributed by atoms with Crippen LogP contribution < -0.4 is 11.1 Å². The second-order valence-corrected chi connectivity index (χ2v) is 4.98. The third kappa shape index (κ3) is 6.37. The molecule has 116 valence electrons. The fraction of sp³-hybridized carbons (Fsp3) is 0.467. The summed E-state index contributed by atoms with van der Waals surface area (Å²) in [6.07, 6.45) is 2.65. The van der Waals surface area contributed by atoms with Gasteiger partial charge in [0.1, 0.15) is 0 Å². The molecule has 0 unspecified atom stereocenters. The lowest BCUT2D eigenvalue weighted by atomic mass is 10.1. The smallest absolute Gasteiger partial charge is 0.250 e. The number of nitrogens with one attached hydrogen (secondary N) is 1. The van der Waals surface area contributed by atoms with E-state index in [0.29, 0.717) is 11.3 Å². The van der Waals surface area contributed by atoms with E-state index in [9.17, 15) is 9.59 Å². The topological polar surface area (TPSA) is 95.7 Å².